The summed E-state index contributed by atoms with van der Waals surface area (Å²) >= 11 is 0. The molecule has 0 aliphatic heterocycles. The van der Waals surface area contributed by atoms with Crippen LogP contribution in [0.15, 0.2) is 0 Å². The molecule has 0 bridgehead atoms. The Morgan fingerprint density at radius 2 is 1.94 bits per heavy atom. The van der Waals surface area contributed by atoms with Crippen molar-refractivity contribution in [2.24, 2.45) is 17.8 Å². The van der Waals surface area contributed by atoms with E-state index in [4.69, 9.17) is 0 Å². The quantitative estimate of drug-likeness (QED) is 0.679. The SMILES string of the molecule is CCCCC(CC)C(O)C1CCCC(CC)C1. The van der Waals surface area contributed by atoms with E-state index in [1.807, 2.05) is 0 Å². The van der Waals surface area contributed by atoms with E-state index in [2.05, 4.69) is 20.8 Å². The van der Waals surface area contributed by atoms with Crippen LogP contribution in [0.25, 0.3) is 0 Å². The van der Waals surface area contributed by atoms with E-state index in [1.54, 1.807) is 0 Å². The van der Waals surface area contributed by atoms with Crippen molar-refractivity contribution in [1.29, 1.82) is 0 Å². The van der Waals surface area contributed by atoms with Gasteiger partial charge in [0, 0.05) is 0 Å². The standard InChI is InChI=1S/C16H32O/c1-4-7-10-14(6-3)16(17)15-11-8-9-13(5-2)12-15/h13-17H,4-12H2,1-3H3. The average Bonchev–Trinajstić information content (AvgIpc) is 2.39. The van der Waals surface area contributed by atoms with Gasteiger partial charge in [0.25, 0.3) is 0 Å². The third-order valence-corrected chi connectivity index (χ3v) is 4.82. The number of aliphatic hydroxyl groups excluding tert-OH is 1. The highest BCUT2D eigenvalue weighted by molar-refractivity contribution is 4.81. The van der Waals surface area contributed by atoms with E-state index >= 15 is 0 Å². The Bertz CT molecular complexity index is 190. The second kappa shape index (κ2) is 8.13. The molecule has 1 nitrogen and oxygen atoms in total. The first-order valence-corrected chi connectivity index (χ1v) is 7.90. The minimum absolute atomic E-state index is 0.0269. The fraction of sp³-hybridized carbons (Fsp3) is 1.00. The summed E-state index contributed by atoms with van der Waals surface area (Å²) in [5.41, 5.74) is 0. The van der Waals surface area contributed by atoms with Crippen LogP contribution in [0.2, 0.25) is 0 Å². The van der Waals surface area contributed by atoms with Crippen molar-refractivity contribution in [3.05, 3.63) is 0 Å². The Morgan fingerprint density at radius 1 is 1.18 bits per heavy atom. The Morgan fingerprint density at radius 3 is 2.53 bits per heavy atom. The van der Waals surface area contributed by atoms with E-state index in [-0.39, 0.29) is 6.10 Å². The highest BCUT2D eigenvalue weighted by Gasteiger charge is 2.30. The van der Waals surface area contributed by atoms with Gasteiger partial charge in [-0.25, -0.2) is 0 Å². The molecule has 1 aliphatic carbocycles. The van der Waals surface area contributed by atoms with Crippen molar-refractivity contribution in [2.45, 2.75) is 84.7 Å². The zero-order valence-corrected chi connectivity index (χ0v) is 12.1. The molecule has 0 spiro atoms. The maximum Gasteiger partial charge on any atom is 0.0596 e. The van der Waals surface area contributed by atoms with Gasteiger partial charge in [-0.1, -0.05) is 59.3 Å². The molecule has 0 saturated heterocycles. The molecule has 4 unspecified atom stereocenters. The van der Waals surface area contributed by atoms with E-state index in [9.17, 15) is 5.11 Å². The van der Waals surface area contributed by atoms with Crippen molar-refractivity contribution in [3.8, 4) is 0 Å². The van der Waals surface area contributed by atoms with Gasteiger partial charge in [-0.15, -0.1) is 0 Å². The van der Waals surface area contributed by atoms with Crippen LogP contribution < -0.4 is 0 Å². The van der Waals surface area contributed by atoms with Gasteiger partial charge < -0.3 is 5.11 Å². The van der Waals surface area contributed by atoms with Crippen LogP contribution in [0.4, 0.5) is 0 Å². The first-order chi connectivity index (χ1) is 8.22. The molecule has 0 aromatic carbocycles. The summed E-state index contributed by atoms with van der Waals surface area (Å²) < 4.78 is 0. The van der Waals surface area contributed by atoms with Crippen LogP contribution in [0.1, 0.15) is 78.6 Å². The number of unbranched alkanes of at least 4 members (excludes halogenated alkanes) is 1. The molecule has 0 heterocycles. The minimum atomic E-state index is -0.0269. The largest absolute Gasteiger partial charge is 0.393 e. The fourth-order valence-electron chi connectivity index (χ4n) is 3.48. The van der Waals surface area contributed by atoms with Gasteiger partial charge in [0.15, 0.2) is 0 Å². The van der Waals surface area contributed by atoms with E-state index in [1.165, 1.54) is 51.4 Å². The smallest absolute Gasteiger partial charge is 0.0596 e. The predicted molar refractivity (Wildman–Crippen MR) is 75.1 cm³/mol. The van der Waals surface area contributed by atoms with Gasteiger partial charge in [-0.3, -0.25) is 0 Å². The number of rotatable bonds is 7. The summed E-state index contributed by atoms with van der Waals surface area (Å²) in [6.45, 7) is 6.78. The van der Waals surface area contributed by atoms with Crippen LogP contribution in [0.3, 0.4) is 0 Å². The molecule has 0 amide bonds. The summed E-state index contributed by atoms with van der Waals surface area (Å²) in [4.78, 5) is 0. The average molecular weight is 240 g/mol. The molecule has 1 N–H and O–H groups in total. The molecule has 17 heavy (non-hydrogen) atoms. The highest BCUT2D eigenvalue weighted by Crippen LogP contribution is 2.36. The van der Waals surface area contributed by atoms with Crippen LogP contribution in [0.5, 0.6) is 0 Å². The maximum atomic E-state index is 10.6. The highest BCUT2D eigenvalue weighted by atomic mass is 16.3. The van der Waals surface area contributed by atoms with Crippen LogP contribution in [-0.2, 0) is 0 Å². The molecule has 0 radical (unpaired) electrons. The second-order valence-corrected chi connectivity index (χ2v) is 6.00. The summed E-state index contributed by atoms with van der Waals surface area (Å²) in [6, 6.07) is 0. The molecule has 1 rings (SSSR count). The Labute approximate surface area is 108 Å². The fourth-order valence-corrected chi connectivity index (χ4v) is 3.48. The van der Waals surface area contributed by atoms with Crippen LogP contribution in [0, 0.1) is 17.8 Å². The molecule has 4 atom stereocenters. The lowest BCUT2D eigenvalue weighted by atomic mass is 9.73. The number of aliphatic hydroxyl groups is 1. The molecule has 1 fully saturated rings. The normalized spacial score (nSPS) is 28.9. The van der Waals surface area contributed by atoms with Crippen molar-refractivity contribution in [2.75, 3.05) is 0 Å². The summed E-state index contributed by atoms with van der Waals surface area (Å²) in [5.74, 6) is 2.03. The zero-order chi connectivity index (χ0) is 12.7. The van der Waals surface area contributed by atoms with E-state index in [0.29, 0.717) is 11.8 Å². The maximum absolute atomic E-state index is 10.6. The zero-order valence-electron chi connectivity index (χ0n) is 12.1. The lowest BCUT2D eigenvalue weighted by Gasteiger charge is -2.35. The number of hydrogen-bond donors (Lipinski definition) is 1. The van der Waals surface area contributed by atoms with Crippen molar-refractivity contribution in [3.63, 3.8) is 0 Å². The molecule has 1 heteroatoms. The molecule has 102 valence electrons. The van der Waals surface area contributed by atoms with Crippen LogP contribution >= 0.6 is 0 Å². The molecule has 0 aromatic heterocycles. The monoisotopic (exact) mass is 240 g/mol. The van der Waals surface area contributed by atoms with Gasteiger partial charge in [0.05, 0.1) is 6.10 Å². The molecular weight excluding hydrogens is 208 g/mol. The number of hydrogen-bond acceptors (Lipinski definition) is 1. The van der Waals surface area contributed by atoms with Gasteiger partial charge in [0.1, 0.15) is 0 Å². The summed E-state index contributed by atoms with van der Waals surface area (Å²) in [6.07, 6.45) is 11.5. The van der Waals surface area contributed by atoms with Gasteiger partial charge in [-0.2, -0.15) is 0 Å². The minimum Gasteiger partial charge on any atom is -0.393 e. The Kier molecular flexibility index (Phi) is 7.18. The lowest BCUT2D eigenvalue weighted by Crippen LogP contribution is -2.32. The van der Waals surface area contributed by atoms with Gasteiger partial charge in [0.2, 0.25) is 0 Å². The molecule has 1 aliphatic rings. The van der Waals surface area contributed by atoms with Crippen molar-refractivity contribution in [1.82, 2.24) is 0 Å². The first kappa shape index (κ1) is 15.0. The molecule has 1 saturated carbocycles. The lowest BCUT2D eigenvalue weighted by molar-refractivity contribution is 0.0165. The molecular formula is C16H32O. The van der Waals surface area contributed by atoms with E-state index < -0.39 is 0 Å². The predicted octanol–water partition coefficient (Wildman–Crippen LogP) is 4.78. The topological polar surface area (TPSA) is 20.2 Å². The molecule has 0 aromatic rings. The van der Waals surface area contributed by atoms with Gasteiger partial charge >= 0.3 is 0 Å². The van der Waals surface area contributed by atoms with Gasteiger partial charge in [-0.05, 0) is 37.0 Å². The first-order valence-electron chi connectivity index (χ1n) is 7.90. The second-order valence-electron chi connectivity index (χ2n) is 6.00. The van der Waals surface area contributed by atoms with Crippen LogP contribution in [-0.4, -0.2) is 11.2 Å². The summed E-state index contributed by atoms with van der Waals surface area (Å²) in [7, 11) is 0. The van der Waals surface area contributed by atoms with Crippen molar-refractivity contribution >= 4 is 0 Å². The Balaban J connectivity index is 2.45. The van der Waals surface area contributed by atoms with E-state index in [0.717, 1.165) is 12.3 Å². The summed E-state index contributed by atoms with van der Waals surface area (Å²) in [5, 5.41) is 10.6. The third kappa shape index (κ3) is 4.62. The Hall–Kier alpha value is -0.0400. The third-order valence-electron chi connectivity index (χ3n) is 4.82. The van der Waals surface area contributed by atoms with Crippen molar-refractivity contribution < 1.29 is 5.11 Å².